The van der Waals surface area contributed by atoms with Crippen molar-refractivity contribution < 1.29 is 9.18 Å². The Kier molecular flexibility index (Phi) is 3.68. The first-order valence-electron chi connectivity index (χ1n) is 8.83. The summed E-state index contributed by atoms with van der Waals surface area (Å²) < 4.78 is 16.2. The Hall–Kier alpha value is -2.86. The van der Waals surface area contributed by atoms with E-state index < -0.39 is 0 Å². The molecule has 6 heteroatoms. The molecule has 1 atom stereocenters. The van der Waals surface area contributed by atoms with Crippen molar-refractivity contribution >= 4 is 27.3 Å². The quantitative estimate of drug-likeness (QED) is 0.502. The fourth-order valence-electron chi connectivity index (χ4n) is 3.84. The van der Waals surface area contributed by atoms with E-state index in [0.717, 1.165) is 32.3 Å². The van der Waals surface area contributed by atoms with Gasteiger partial charge in [-0.05, 0) is 49.1 Å². The number of thiazole rings is 1. The number of nitrogens with zero attached hydrogens (tertiary/aromatic N) is 3. The molecule has 2 heterocycles. The molecule has 1 aliphatic carbocycles. The number of halogens is 1. The summed E-state index contributed by atoms with van der Waals surface area (Å²) in [6.07, 6.45) is 1.11. The highest BCUT2D eigenvalue weighted by atomic mass is 32.1. The molecule has 0 N–H and O–H groups in total. The van der Waals surface area contributed by atoms with Crippen LogP contribution in [0.25, 0.3) is 15.3 Å². The lowest BCUT2D eigenvalue weighted by atomic mass is 9.81. The summed E-state index contributed by atoms with van der Waals surface area (Å²) in [6.45, 7) is 1.87. The molecule has 4 nitrogen and oxygen atoms in total. The molecular weight excluding hydrogens is 361 g/mol. The van der Waals surface area contributed by atoms with Crippen LogP contribution in [0.5, 0.6) is 0 Å². The summed E-state index contributed by atoms with van der Waals surface area (Å²) in [5.41, 5.74) is 4.26. The van der Waals surface area contributed by atoms with Gasteiger partial charge in [-0.2, -0.15) is 5.10 Å². The molecule has 5 rings (SSSR count). The number of hydrogen-bond acceptors (Lipinski definition) is 4. The third-order valence-electron chi connectivity index (χ3n) is 5.11. The van der Waals surface area contributed by atoms with Crippen LogP contribution in [0.4, 0.5) is 4.39 Å². The van der Waals surface area contributed by atoms with Crippen molar-refractivity contribution in [1.29, 1.82) is 0 Å². The average molecular weight is 377 g/mol. The Morgan fingerprint density at radius 2 is 1.89 bits per heavy atom. The lowest BCUT2D eigenvalue weighted by Gasteiger charge is -2.22. The lowest BCUT2D eigenvalue weighted by Crippen LogP contribution is -2.20. The molecule has 1 aliphatic rings. The predicted octanol–water partition coefficient (Wildman–Crippen LogP) is 4.84. The molecule has 4 aromatic rings. The van der Waals surface area contributed by atoms with Gasteiger partial charge in [0.1, 0.15) is 5.82 Å². The zero-order chi connectivity index (χ0) is 18.5. The first kappa shape index (κ1) is 16.3. The van der Waals surface area contributed by atoms with Crippen LogP contribution in [0.2, 0.25) is 0 Å². The van der Waals surface area contributed by atoms with Gasteiger partial charge in [0.05, 0.1) is 27.2 Å². The zero-order valence-electron chi connectivity index (χ0n) is 14.6. The number of aryl methyl sites for hydroxylation is 1. The smallest absolute Gasteiger partial charge is 0.211 e. The van der Waals surface area contributed by atoms with Gasteiger partial charge in [0.15, 0.2) is 5.78 Å². The number of fused-ring (bicyclic) bond motifs is 2. The summed E-state index contributed by atoms with van der Waals surface area (Å²) >= 11 is 1.57. The van der Waals surface area contributed by atoms with E-state index in [9.17, 15) is 9.18 Å². The van der Waals surface area contributed by atoms with E-state index in [2.05, 4.69) is 5.10 Å². The predicted molar refractivity (Wildman–Crippen MR) is 103 cm³/mol. The molecule has 0 fully saturated rings. The minimum atomic E-state index is -0.267. The number of carbonyl (C=O) groups excluding carboxylic acids is 1. The Balaban J connectivity index is 1.61. The van der Waals surface area contributed by atoms with Crippen molar-refractivity contribution in [3.8, 4) is 5.13 Å². The van der Waals surface area contributed by atoms with Crippen molar-refractivity contribution in [2.75, 3.05) is 0 Å². The monoisotopic (exact) mass is 377 g/mol. The second-order valence-electron chi connectivity index (χ2n) is 6.86. The van der Waals surface area contributed by atoms with E-state index in [-0.39, 0.29) is 17.5 Å². The highest BCUT2D eigenvalue weighted by Crippen LogP contribution is 2.36. The second kappa shape index (κ2) is 6.09. The van der Waals surface area contributed by atoms with E-state index in [1.165, 1.54) is 12.1 Å². The van der Waals surface area contributed by atoms with E-state index in [0.29, 0.717) is 18.4 Å². The van der Waals surface area contributed by atoms with Crippen LogP contribution in [0, 0.1) is 12.7 Å². The van der Waals surface area contributed by atoms with Gasteiger partial charge >= 0.3 is 0 Å². The molecular formula is C21H16FN3OS. The van der Waals surface area contributed by atoms with Gasteiger partial charge in [0.2, 0.25) is 5.13 Å². The molecule has 0 saturated carbocycles. The number of ketones is 1. The molecule has 1 unspecified atom stereocenters. The van der Waals surface area contributed by atoms with Crippen molar-refractivity contribution in [3.63, 3.8) is 0 Å². The summed E-state index contributed by atoms with van der Waals surface area (Å²) in [5.74, 6) is -0.151. The van der Waals surface area contributed by atoms with Crippen LogP contribution in [0.1, 0.15) is 39.6 Å². The third kappa shape index (κ3) is 2.68. The van der Waals surface area contributed by atoms with Crippen LogP contribution in [0.3, 0.4) is 0 Å². The first-order chi connectivity index (χ1) is 13.1. The average Bonchev–Trinajstić information content (AvgIpc) is 3.23. The van der Waals surface area contributed by atoms with Crippen molar-refractivity contribution in [2.24, 2.45) is 0 Å². The Morgan fingerprint density at radius 1 is 1.11 bits per heavy atom. The number of carbonyl (C=O) groups is 1. The van der Waals surface area contributed by atoms with Crippen LogP contribution in [-0.4, -0.2) is 20.5 Å². The Morgan fingerprint density at radius 3 is 2.67 bits per heavy atom. The molecule has 0 radical (unpaired) electrons. The van der Waals surface area contributed by atoms with Crippen molar-refractivity contribution in [1.82, 2.24) is 14.8 Å². The fourth-order valence-corrected chi connectivity index (χ4v) is 4.78. The largest absolute Gasteiger partial charge is 0.294 e. The van der Waals surface area contributed by atoms with Gasteiger partial charge in [-0.15, -0.1) is 0 Å². The van der Waals surface area contributed by atoms with Crippen molar-refractivity contribution in [3.05, 3.63) is 76.9 Å². The van der Waals surface area contributed by atoms with Crippen LogP contribution >= 0.6 is 11.3 Å². The summed E-state index contributed by atoms with van der Waals surface area (Å²) in [5, 5.41) is 5.41. The highest BCUT2D eigenvalue weighted by molar-refractivity contribution is 7.20. The molecule has 0 amide bonds. The fraction of sp³-hybridized carbons (Fsp3) is 0.190. The third-order valence-corrected chi connectivity index (χ3v) is 6.12. The van der Waals surface area contributed by atoms with Gasteiger partial charge in [-0.3, -0.25) is 4.79 Å². The molecule has 0 saturated heterocycles. The molecule has 134 valence electrons. The van der Waals surface area contributed by atoms with E-state index >= 15 is 0 Å². The number of hydrogen-bond donors (Lipinski definition) is 0. The highest BCUT2D eigenvalue weighted by Gasteiger charge is 2.32. The van der Waals surface area contributed by atoms with Gasteiger partial charge < -0.3 is 0 Å². The van der Waals surface area contributed by atoms with Crippen LogP contribution in [0.15, 0.2) is 48.5 Å². The molecule has 0 aliphatic heterocycles. The number of rotatable bonds is 2. The maximum absolute atomic E-state index is 13.3. The Labute approximate surface area is 159 Å². The lowest BCUT2D eigenvalue weighted by molar-refractivity contribution is 0.0963. The number of para-hydroxylation sites is 1. The van der Waals surface area contributed by atoms with E-state index in [1.807, 2.05) is 35.9 Å². The SMILES string of the molecule is Cc1nn(-c2nc3ccccc3s2)c2c1C(=O)CC(c1ccc(F)cc1)C2. The number of Topliss-reactive ketones (excluding diaryl/α,β-unsaturated/α-hetero) is 1. The zero-order valence-corrected chi connectivity index (χ0v) is 15.5. The number of benzene rings is 2. The van der Waals surface area contributed by atoms with Gasteiger partial charge in [-0.25, -0.2) is 14.1 Å². The minimum Gasteiger partial charge on any atom is -0.294 e. The summed E-state index contributed by atoms with van der Waals surface area (Å²) in [7, 11) is 0. The normalized spacial score (nSPS) is 16.7. The number of aromatic nitrogens is 3. The maximum Gasteiger partial charge on any atom is 0.211 e. The molecule has 2 aromatic carbocycles. The second-order valence-corrected chi connectivity index (χ2v) is 7.87. The van der Waals surface area contributed by atoms with Gasteiger partial charge in [-0.1, -0.05) is 35.6 Å². The molecule has 2 aromatic heterocycles. The Bertz CT molecular complexity index is 1140. The summed E-state index contributed by atoms with van der Waals surface area (Å²) in [6, 6.07) is 14.4. The maximum atomic E-state index is 13.3. The van der Waals surface area contributed by atoms with Crippen LogP contribution < -0.4 is 0 Å². The first-order valence-corrected chi connectivity index (χ1v) is 9.65. The standard InChI is InChI=1S/C21H16FN3OS/c1-12-20-17(10-14(11-18(20)26)13-6-8-15(22)9-7-13)25(24-12)21-23-16-4-2-3-5-19(16)27-21/h2-9,14H,10-11H2,1H3. The van der Waals surface area contributed by atoms with Crippen molar-refractivity contribution in [2.45, 2.75) is 25.7 Å². The molecule has 0 bridgehead atoms. The van der Waals surface area contributed by atoms with Gasteiger partial charge in [0.25, 0.3) is 0 Å². The van der Waals surface area contributed by atoms with E-state index in [1.54, 1.807) is 23.5 Å². The van der Waals surface area contributed by atoms with Crippen LogP contribution in [-0.2, 0) is 6.42 Å². The minimum absolute atomic E-state index is 0.0230. The topological polar surface area (TPSA) is 47.8 Å². The molecule has 0 spiro atoms. The van der Waals surface area contributed by atoms with E-state index in [4.69, 9.17) is 4.98 Å². The molecule has 27 heavy (non-hydrogen) atoms. The van der Waals surface area contributed by atoms with Gasteiger partial charge in [0, 0.05) is 6.42 Å². The summed E-state index contributed by atoms with van der Waals surface area (Å²) in [4.78, 5) is 17.5.